The van der Waals surface area contributed by atoms with Gasteiger partial charge in [-0.1, -0.05) is 25.1 Å². The van der Waals surface area contributed by atoms with Crippen LogP contribution in [-0.2, 0) is 14.9 Å². The fraction of sp³-hybridized carbons (Fsp3) is 0.462. The summed E-state index contributed by atoms with van der Waals surface area (Å²) >= 11 is 0. The van der Waals surface area contributed by atoms with Crippen molar-refractivity contribution in [1.82, 2.24) is 0 Å². The van der Waals surface area contributed by atoms with Gasteiger partial charge in [-0.3, -0.25) is 4.79 Å². The number of hydrogen-bond donors (Lipinski definition) is 0. The third kappa shape index (κ3) is 2.23. The molecule has 1 aromatic carbocycles. The van der Waals surface area contributed by atoms with Gasteiger partial charge in [0.2, 0.25) is 0 Å². The van der Waals surface area contributed by atoms with Gasteiger partial charge in [-0.05, 0) is 26.3 Å². The van der Waals surface area contributed by atoms with E-state index in [1.54, 1.807) is 32.0 Å². The van der Waals surface area contributed by atoms with E-state index in [0.717, 1.165) is 0 Å². The molecule has 0 spiro atoms. The fourth-order valence-electron chi connectivity index (χ4n) is 1.64. The first-order valence-electron chi connectivity index (χ1n) is 5.48. The Morgan fingerprint density at radius 3 is 2.50 bits per heavy atom. The number of esters is 1. The van der Waals surface area contributed by atoms with Crippen molar-refractivity contribution >= 4 is 5.97 Å². The highest BCUT2D eigenvalue weighted by atomic mass is 19.1. The van der Waals surface area contributed by atoms with E-state index in [4.69, 9.17) is 4.74 Å². The van der Waals surface area contributed by atoms with Crippen molar-refractivity contribution in [1.29, 1.82) is 0 Å². The molecule has 0 heterocycles. The smallest absolute Gasteiger partial charge is 0.316 e. The third-order valence-electron chi connectivity index (χ3n) is 2.90. The van der Waals surface area contributed by atoms with E-state index in [1.807, 2.05) is 6.92 Å². The van der Waals surface area contributed by atoms with Crippen molar-refractivity contribution in [2.45, 2.75) is 32.6 Å². The number of carbonyl (C=O) groups is 1. The lowest BCUT2D eigenvalue weighted by Gasteiger charge is -2.26. The molecule has 0 bridgehead atoms. The van der Waals surface area contributed by atoms with Crippen LogP contribution >= 0.6 is 0 Å². The Labute approximate surface area is 95.4 Å². The summed E-state index contributed by atoms with van der Waals surface area (Å²) in [6, 6.07) is 6.34. The molecule has 0 aliphatic heterocycles. The quantitative estimate of drug-likeness (QED) is 0.735. The SMILES string of the molecule is CCOC(=O)C(C)(CC)c1ccccc1F. The van der Waals surface area contributed by atoms with Gasteiger partial charge in [-0.15, -0.1) is 0 Å². The summed E-state index contributed by atoms with van der Waals surface area (Å²) in [4.78, 5) is 11.9. The Bertz CT molecular complexity index is 376. The van der Waals surface area contributed by atoms with Crippen molar-refractivity contribution in [2.75, 3.05) is 6.61 Å². The number of carbonyl (C=O) groups excluding carboxylic acids is 1. The molecule has 16 heavy (non-hydrogen) atoms. The highest BCUT2D eigenvalue weighted by molar-refractivity contribution is 5.82. The minimum atomic E-state index is -0.901. The number of halogens is 1. The molecule has 1 atom stereocenters. The van der Waals surface area contributed by atoms with Gasteiger partial charge in [-0.2, -0.15) is 0 Å². The zero-order valence-corrected chi connectivity index (χ0v) is 9.92. The molecule has 3 heteroatoms. The molecule has 0 radical (unpaired) electrons. The number of ether oxygens (including phenoxy) is 1. The van der Waals surface area contributed by atoms with Crippen LogP contribution in [-0.4, -0.2) is 12.6 Å². The highest BCUT2D eigenvalue weighted by Gasteiger charge is 2.36. The lowest BCUT2D eigenvalue weighted by Crippen LogP contribution is -2.34. The molecule has 88 valence electrons. The Kier molecular flexibility index (Phi) is 4.05. The maximum absolute atomic E-state index is 13.7. The number of hydrogen-bond acceptors (Lipinski definition) is 2. The van der Waals surface area contributed by atoms with E-state index in [1.165, 1.54) is 6.07 Å². The molecule has 0 amide bonds. The van der Waals surface area contributed by atoms with Crippen LogP contribution in [0.3, 0.4) is 0 Å². The maximum Gasteiger partial charge on any atom is 0.316 e. The van der Waals surface area contributed by atoms with Crippen LogP contribution < -0.4 is 0 Å². The van der Waals surface area contributed by atoms with Gasteiger partial charge in [-0.25, -0.2) is 4.39 Å². The highest BCUT2D eigenvalue weighted by Crippen LogP contribution is 2.30. The van der Waals surface area contributed by atoms with Crippen LogP contribution in [0.2, 0.25) is 0 Å². The zero-order chi connectivity index (χ0) is 12.2. The summed E-state index contributed by atoms with van der Waals surface area (Å²) in [6.45, 7) is 5.62. The Morgan fingerprint density at radius 1 is 1.38 bits per heavy atom. The third-order valence-corrected chi connectivity index (χ3v) is 2.90. The number of rotatable bonds is 4. The summed E-state index contributed by atoms with van der Waals surface area (Å²) in [6.07, 6.45) is 0.507. The van der Waals surface area contributed by atoms with Crippen LogP contribution in [0, 0.1) is 5.82 Å². The molecule has 0 aliphatic carbocycles. The average molecular weight is 224 g/mol. The summed E-state index contributed by atoms with van der Waals surface area (Å²) in [7, 11) is 0. The predicted octanol–water partition coefficient (Wildman–Crippen LogP) is 3.06. The van der Waals surface area contributed by atoms with Gasteiger partial charge in [0.25, 0.3) is 0 Å². The van der Waals surface area contributed by atoms with Gasteiger partial charge < -0.3 is 4.74 Å². The molecular formula is C13H17FO2. The van der Waals surface area contributed by atoms with Crippen LogP contribution in [0.25, 0.3) is 0 Å². The predicted molar refractivity (Wildman–Crippen MR) is 60.7 cm³/mol. The minimum absolute atomic E-state index is 0.308. The van der Waals surface area contributed by atoms with Gasteiger partial charge in [0.05, 0.1) is 12.0 Å². The second-order valence-corrected chi connectivity index (χ2v) is 3.89. The molecule has 0 aromatic heterocycles. The van der Waals surface area contributed by atoms with Crippen molar-refractivity contribution in [3.63, 3.8) is 0 Å². The van der Waals surface area contributed by atoms with E-state index < -0.39 is 5.41 Å². The largest absolute Gasteiger partial charge is 0.465 e. The topological polar surface area (TPSA) is 26.3 Å². The molecular weight excluding hydrogens is 207 g/mol. The van der Waals surface area contributed by atoms with Crippen LogP contribution in [0.1, 0.15) is 32.8 Å². The zero-order valence-electron chi connectivity index (χ0n) is 9.92. The van der Waals surface area contributed by atoms with Gasteiger partial charge >= 0.3 is 5.97 Å². The van der Waals surface area contributed by atoms with Crippen molar-refractivity contribution in [2.24, 2.45) is 0 Å². The molecule has 1 unspecified atom stereocenters. The van der Waals surface area contributed by atoms with Gasteiger partial charge in [0.15, 0.2) is 0 Å². The van der Waals surface area contributed by atoms with Crippen molar-refractivity contribution < 1.29 is 13.9 Å². The molecule has 0 saturated heterocycles. The molecule has 0 saturated carbocycles. The van der Waals surface area contributed by atoms with Crippen LogP contribution in [0.4, 0.5) is 4.39 Å². The first-order chi connectivity index (χ1) is 7.56. The van der Waals surface area contributed by atoms with E-state index in [-0.39, 0.29) is 11.8 Å². The monoisotopic (exact) mass is 224 g/mol. The lowest BCUT2D eigenvalue weighted by molar-refractivity contribution is -0.149. The normalized spacial score (nSPS) is 14.2. The Morgan fingerprint density at radius 2 is 2.00 bits per heavy atom. The Hall–Kier alpha value is -1.38. The molecule has 1 rings (SSSR count). The fourth-order valence-corrected chi connectivity index (χ4v) is 1.64. The molecule has 0 aliphatic rings. The molecule has 0 N–H and O–H groups in total. The maximum atomic E-state index is 13.7. The van der Waals surface area contributed by atoms with Crippen LogP contribution in [0.15, 0.2) is 24.3 Å². The number of benzene rings is 1. The molecule has 1 aromatic rings. The van der Waals surface area contributed by atoms with E-state index in [0.29, 0.717) is 18.6 Å². The van der Waals surface area contributed by atoms with E-state index in [2.05, 4.69) is 0 Å². The summed E-state index contributed by atoms with van der Waals surface area (Å²) in [5.41, 5.74) is -0.502. The Balaban J connectivity index is 3.14. The first-order valence-corrected chi connectivity index (χ1v) is 5.48. The molecule has 2 nitrogen and oxygen atoms in total. The van der Waals surface area contributed by atoms with Gasteiger partial charge in [0, 0.05) is 5.56 Å². The summed E-state index contributed by atoms with van der Waals surface area (Å²) < 4.78 is 18.7. The standard InChI is InChI=1S/C13H17FO2/c1-4-13(3,12(15)16-5-2)10-8-6-7-9-11(10)14/h6-9H,4-5H2,1-3H3. The van der Waals surface area contributed by atoms with E-state index in [9.17, 15) is 9.18 Å². The van der Waals surface area contributed by atoms with Gasteiger partial charge in [0.1, 0.15) is 5.82 Å². The van der Waals surface area contributed by atoms with Crippen LogP contribution in [0.5, 0.6) is 0 Å². The minimum Gasteiger partial charge on any atom is -0.465 e. The first kappa shape index (κ1) is 12.7. The average Bonchev–Trinajstić information content (AvgIpc) is 2.29. The molecule has 0 fully saturated rings. The summed E-state index contributed by atoms with van der Waals surface area (Å²) in [5, 5.41) is 0. The second kappa shape index (κ2) is 5.10. The lowest BCUT2D eigenvalue weighted by atomic mass is 9.80. The summed E-state index contributed by atoms with van der Waals surface area (Å²) in [5.74, 6) is -0.734. The second-order valence-electron chi connectivity index (χ2n) is 3.89. The van der Waals surface area contributed by atoms with Crippen molar-refractivity contribution in [3.05, 3.63) is 35.6 Å². The van der Waals surface area contributed by atoms with E-state index >= 15 is 0 Å². The van der Waals surface area contributed by atoms with Crippen molar-refractivity contribution in [3.8, 4) is 0 Å².